The molecule has 1 fully saturated rings. The quantitative estimate of drug-likeness (QED) is 0.862. The van der Waals surface area contributed by atoms with E-state index in [4.69, 9.17) is 0 Å². The lowest BCUT2D eigenvalue weighted by Crippen LogP contribution is -2.50. The van der Waals surface area contributed by atoms with E-state index in [2.05, 4.69) is 22.3 Å². The summed E-state index contributed by atoms with van der Waals surface area (Å²) < 4.78 is 0. The molecule has 0 saturated carbocycles. The summed E-state index contributed by atoms with van der Waals surface area (Å²) in [4.78, 5) is 24.9. The van der Waals surface area contributed by atoms with Gasteiger partial charge in [-0.1, -0.05) is 30.3 Å². The van der Waals surface area contributed by atoms with Gasteiger partial charge in [0.2, 0.25) is 5.91 Å². The lowest BCUT2D eigenvalue weighted by molar-refractivity contribution is -0.152. The Bertz CT molecular complexity index is 494. The molecule has 1 amide bonds. The number of benzene rings is 1. The van der Waals surface area contributed by atoms with Gasteiger partial charge in [0.15, 0.2) is 0 Å². The topological polar surface area (TPSA) is 69.6 Å². The zero-order valence-corrected chi connectivity index (χ0v) is 12.3. The van der Waals surface area contributed by atoms with Gasteiger partial charge in [0.1, 0.15) is 0 Å². The van der Waals surface area contributed by atoms with Crippen LogP contribution in [0.1, 0.15) is 25.3 Å². The summed E-state index contributed by atoms with van der Waals surface area (Å²) in [6.45, 7) is 3.95. The van der Waals surface area contributed by atoms with Crippen LogP contribution in [0.4, 0.5) is 0 Å². The average Bonchev–Trinajstić information content (AvgIpc) is 2.47. The highest BCUT2D eigenvalue weighted by Gasteiger charge is 2.41. The molecule has 5 nitrogen and oxygen atoms in total. The first kappa shape index (κ1) is 15.5. The number of carbonyl (C=O) groups is 2. The van der Waals surface area contributed by atoms with E-state index in [-0.39, 0.29) is 12.5 Å². The molecule has 2 rings (SSSR count). The van der Waals surface area contributed by atoms with Crippen LogP contribution in [-0.2, 0) is 16.1 Å². The smallest absolute Gasteiger partial charge is 0.311 e. The van der Waals surface area contributed by atoms with Crippen molar-refractivity contribution in [3.8, 4) is 0 Å². The molecule has 0 bridgehead atoms. The van der Waals surface area contributed by atoms with Crippen LogP contribution in [0.2, 0.25) is 0 Å². The van der Waals surface area contributed by atoms with Crippen molar-refractivity contribution in [2.75, 3.05) is 19.6 Å². The van der Waals surface area contributed by atoms with Crippen LogP contribution in [0.5, 0.6) is 0 Å². The number of nitrogens with zero attached hydrogens (tertiary/aromatic N) is 1. The summed E-state index contributed by atoms with van der Waals surface area (Å²) in [7, 11) is 0. The number of likely N-dealkylation sites (tertiary alicyclic amines) is 1. The highest BCUT2D eigenvalue weighted by atomic mass is 16.4. The van der Waals surface area contributed by atoms with Gasteiger partial charge in [0, 0.05) is 20.0 Å². The van der Waals surface area contributed by atoms with Gasteiger partial charge in [-0.25, -0.2) is 0 Å². The van der Waals surface area contributed by atoms with Crippen LogP contribution in [0, 0.1) is 5.41 Å². The Morgan fingerprint density at radius 2 is 1.86 bits per heavy atom. The van der Waals surface area contributed by atoms with Crippen LogP contribution in [-0.4, -0.2) is 41.5 Å². The molecule has 1 heterocycles. The lowest BCUT2D eigenvalue weighted by atomic mass is 9.78. The Morgan fingerprint density at radius 3 is 2.38 bits per heavy atom. The molecule has 0 aromatic heterocycles. The molecule has 0 radical (unpaired) electrons. The van der Waals surface area contributed by atoms with Gasteiger partial charge in [-0.15, -0.1) is 0 Å². The standard InChI is InChI=1S/C16H22N2O3/c1-13(19)17-12-16(15(20)21)7-9-18(10-8-16)11-14-5-3-2-4-6-14/h2-6H,7-12H2,1H3,(H,17,19)(H,20,21). The van der Waals surface area contributed by atoms with E-state index in [1.54, 1.807) is 0 Å². The molecule has 1 aromatic rings. The molecular weight excluding hydrogens is 268 g/mol. The van der Waals surface area contributed by atoms with E-state index >= 15 is 0 Å². The van der Waals surface area contributed by atoms with Gasteiger partial charge in [-0.3, -0.25) is 14.5 Å². The van der Waals surface area contributed by atoms with Crippen molar-refractivity contribution in [3.05, 3.63) is 35.9 Å². The molecule has 0 aliphatic carbocycles. The number of hydrogen-bond donors (Lipinski definition) is 2. The molecule has 0 atom stereocenters. The Morgan fingerprint density at radius 1 is 1.24 bits per heavy atom. The van der Waals surface area contributed by atoms with Gasteiger partial charge in [0.25, 0.3) is 0 Å². The Balaban J connectivity index is 1.93. The summed E-state index contributed by atoms with van der Waals surface area (Å²) >= 11 is 0. The number of nitrogens with one attached hydrogen (secondary N) is 1. The number of carbonyl (C=O) groups excluding carboxylic acids is 1. The summed E-state index contributed by atoms with van der Waals surface area (Å²) in [5.74, 6) is -0.988. The maximum absolute atomic E-state index is 11.6. The number of piperidine rings is 1. The van der Waals surface area contributed by atoms with Crippen LogP contribution >= 0.6 is 0 Å². The molecule has 5 heteroatoms. The second kappa shape index (κ2) is 6.72. The summed E-state index contributed by atoms with van der Waals surface area (Å²) in [5, 5.41) is 12.2. The second-order valence-corrected chi connectivity index (χ2v) is 5.76. The number of amides is 1. The number of carboxylic acids is 1. The van der Waals surface area contributed by atoms with Crippen molar-refractivity contribution in [1.29, 1.82) is 0 Å². The van der Waals surface area contributed by atoms with Gasteiger partial charge in [-0.05, 0) is 31.5 Å². The monoisotopic (exact) mass is 290 g/mol. The predicted octanol–water partition coefficient (Wildman–Crippen LogP) is 1.49. The van der Waals surface area contributed by atoms with E-state index in [1.807, 2.05) is 18.2 Å². The Kier molecular flexibility index (Phi) is 4.96. The Hall–Kier alpha value is -1.88. The first-order chi connectivity index (χ1) is 10.0. The van der Waals surface area contributed by atoms with Gasteiger partial charge in [0.05, 0.1) is 5.41 Å². The number of hydrogen-bond acceptors (Lipinski definition) is 3. The van der Waals surface area contributed by atoms with Crippen molar-refractivity contribution in [2.24, 2.45) is 5.41 Å². The molecule has 114 valence electrons. The van der Waals surface area contributed by atoms with Crippen LogP contribution in [0.25, 0.3) is 0 Å². The van der Waals surface area contributed by atoms with Crippen LogP contribution in [0.15, 0.2) is 30.3 Å². The maximum Gasteiger partial charge on any atom is 0.311 e. The third-order valence-electron chi connectivity index (χ3n) is 4.19. The fourth-order valence-corrected chi connectivity index (χ4v) is 2.74. The zero-order valence-electron chi connectivity index (χ0n) is 12.3. The van der Waals surface area contributed by atoms with Crippen molar-refractivity contribution >= 4 is 11.9 Å². The minimum Gasteiger partial charge on any atom is -0.481 e. The van der Waals surface area contributed by atoms with Gasteiger partial charge in [-0.2, -0.15) is 0 Å². The summed E-state index contributed by atoms with van der Waals surface area (Å²) in [6.07, 6.45) is 1.13. The SMILES string of the molecule is CC(=O)NCC1(C(=O)O)CCN(Cc2ccccc2)CC1. The second-order valence-electron chi connectivity index (χ2n) is 5.76. The normalized spacial score (nSPS) is 18.1. The fourth-order valence-electron chi connectivity index (χ4n) is 2.74. The number of carboxylic acid groups (broad SMARTS) is 1. The molecule has 2 N–H and O–H groups in total. The summed E-state index contributed by atoms with van der Waals surface area (Å²) in [5.41, 5.74) is 0.418. The van der Waals surface area contributed by atoms with Gasteiger partial charge >= 0.3 is 5.97 Å². The van der Waals surface area contributed by atoms with E-state index in [0.29, 0.717) is 12.8 Å². The largest absolute Gasteiger partial charge is 0.481 e. The average molecular weight is 290 g/mol. The van der Waals surface area contributed by atoms with E-state index < -0.39 is 11.4 Å². The zero-order chi connectivity index (χ0) is 15.3. The predicted molar refractivity (Wildman–Crippen MR) is 79.7 cm³/mol. The van der Waals surface area contributed by atoms with Crippen molar-refractivity contribution in [3.63, 3.8) is 0 Å². The van der Waals surface area contributed by atoms with E-state index in [1.165, 1.54) is 12.5 Å². The summed E-state index contributed by atoms with van der Waals surface area (Å²) in [6, 6.07) is 10.2. The minimum atomic E-state index is -0.821. The number of rotatable bonds is 5. The lowest BCUT2D eigenvalue weighted by Gasteiger charge is -2.38. The van der Waals surface area contributed by atoms with Crippen LogP contribution in [0.3, 0.4) is 0 Å². The fraction of sp³-hybridized carbons (Fsp3) is 0.500. The first-order valence-corrected chi connectivity index (χ1v) is 7.26. The molecule has 1 saturated heterocycles. The first-order valence-electron chi connectivity index (χ1n) is 7.26. The van der Waals surface area contributed by atoms with E-state index in [9.17, 15) is 14.7 Å². The minimum absolute atomic E-state index is 0.178. The van der Waals surface area contributed by atoms with Crippen molar-refractivity contribution in [2.45, 2.75) is 26.3 Å². The highest BCUT2D eigenvalue weighted by molar-refractivity contribution is 5.77. The third-order valence-corrected chi connectivity index (χ3v) is 4.19. The molecule has 0 unspecified atom stereocenters. The Labute approximate surface area is 125 Å². The van der Waals surface area contributed by atoms with Gasteiger partial charge < -0.3 is 10.4 Å². The van der Waals surface area contributed by atoms with E-state index in [0.717, 1.165) is 19.6 Å². The molecule has 1 aliphatic rings. The molecule has 1 aromatic carbocycles. The highest BCUT2D eigenvalue weighted by Crippen LogP contribution is 2.31. The molecule has 1 aliphatic heterocycles. The van der Waals surface area contributed by atoms with Crippen molar-refractivity contribution in [1.82, 2.24) is 10.2 Å². The molecular formula is C16H22N2O3. The van der Waals surface area contributed by atoms with Crippen molar-refractivity contribution < 1.29 is 14.7 Å². The molecule has 21 heavy (non-hydrogen) atoms. The maximum atomic E-state index is 11.6. The third kappa shape index (κ3) is 4.04. The molecule has 0 spiro atoms. The number of aliphatic carboxylic acids is 1. The van der Waals surface area contributed by atoms with Crippen LogP contribution < -0.4 is 5.32 Å².